The van der Waals surface area contributed by atoms with E-state index in [2.05, 4.69) is 48.0 Å². The van der Waals surface area contributed by atoms with Crippen molar-refractivity contribution in [1.29, 1.82) is 0 Å². The molecule has 2 aliphatic rings. The van der Waals surface area contributed by atoms with E-state index >= 15 is 0 Å². The number of amides is 5. The van der Waals surface area contributed by atoms with Crippen LogP contribution in [0.3, 0.4) is 0 Å². The molecular formula is C50H81F11N8O17S. The number of aromatic nitrogens is 3. The van der Waals surface area contributed by atoms with Gasteiger partial charge in [-0.1, -0.05) is 11.6 Å². The number of urea groups is 1. The SMILES string of the molecule is CC(F)(F)COC(F)(C(F)(F)F)C(F)(F)OC(C(=O)NCCOCCOCCOCCOCCOCCNC(=O)CCOCCOCCOCCOCCOCc1cn(CCOCCNC(=O)CCCC[C@@H]2SC[C@@]3(C)NC(=O)N[C@@H]23)nn1)C(F)(F)F. The number of unbranched alkanes of at least 4 members (excludes halogenated alkanes) is 1. The maximum Gasteiger partial charge on any atom is 0.457 e. The standard InChI is InChI=1S/C50H81F11N8O17S/c1-45-36-87-38(41(45)65-44(73)66-45)5-3-4-6-39(70)62-8-13-75-16-11-69-33-37(67-68-69)34-84-32-31-83-30-29-82-26-23-78-20-17-74-12-7-40(71)63-9-14-76-18-21-79-24-27-81-28-25-80-22-19-77-15-10-64-43(72)42(47(53,54)55)86-50(60,61)48(56,49(57,58)59)85-35-46(2,51)52/h33,38,41-42H,3-32,34-36H2,1-2H3,(H,62,70)(H,63,71)(H,64,72)(H2,65,66,73)/t38-,41-,42?,45+,48?/m0/s1. The Morgan fingerprint density at radius 1 is 0.644 bits per heavy atom. The van der Waals surface area contributed by atoms with E-state index in [1.165, 1.54) is 5.32 Å². The predicted octanol–water partition coefficient (Wildman–Crippen LogP) is 3.26. The summed E-state index contributed by atoms with van der Waals surface area (Å²) >= 11 is 1.87. The molecule has 25 nitrogen and oxygen atoms in total. The van der Waals surface area contributed by atoms with E-state index in [4.69, 9.17) is 52.1 Å². The summed E-state index contributed by atoms with van der Waals surface area (Å²) in [7, 11) is 0. The van der Waals surface area contributed by atoms with Crippen LogP contribution in [-0.4, -0.2) is 263 Å². The minimum Gasteiger partial charge on any atom is -0.379 e. The lowest BCUT2D eigenvalue weighted by molar-refractivity contribution is -0.474. The van der Waals surface area contributed by atoms with Crippen molar-refractivity contribution in [2.75, 3.05) is 171 Å². The smallest absolute Gasteiger partial charge is 0.379 e. The third-order valence-electron chi connectivity index (χ3n) is 12.0. The van der Waals surface area contributed by atoms with Crippen molar-refractivity contribution in [2.24, 2.45) is 0 Å². The molecule has 3 heterocycles. The van der Waals surface area contributed by atoms with Gasteiger partial charge in [0.05, 0.1) is 170 Å². The number of hydrogen-bond donors (Lipinski definition) is 5. The van der Waals surface area contributed by atoms with Gasteiger partial charge in [-0.3, -0.25) is 19.1 Å². The van der Waals surface area contributed by atoms with Gasteiger partial charge in [-0.25, -0.2) is 18.3 Å². The Bertz CT molecular complexity index is 2080. The van der Waals surface area contributed by atoms with Gasteiger partial charge < -0.3 is 83.4 Å². The van der Waals surface area contributed by atoms with Gasteiger partial charge in [-0.05, 0) is 19.8 Å². The fourth-order valence-electron chi connectivity index (χ4n) is 7.63. The molecule has 0 bridgehead atoms. The summed E-state index contributed by atoms with van der Waals surface area (Å²) in [6, 6.07) is 0.0306. The van der Waals surface area contributed by atoms with Crippen molar-refractivity contribution in [3.8, 4) is 0 Å². The fourth-order valence-corrected chi connectivity index (χ4v) is 9.33. The Balaban J connectivity index is 0.988. The molecule has 2 unspecified atom stereocenters. The van der Waals surface area contributed by atoms with Crippen LogP contribution in [0, 0.1) is 0 Å². The van der Waals surface area contributed by atoms with Crippen molar-refractivity contribution in [1.82, 2.24) is 41.6 Å². The lowest BCUT2D eigenvalue weighted by Crippen LogP contribution is -2.62. The average Bonchev–Trinajstić information content (AvgIpc) is 1.59. The summed E-state index contributed by atoms with van der Waals surface area (Å²) in [5.74, 6) is -12.6. The topological polar surface area (TPSA) is 279 Å². The van der Waals surface area contributed by atoms with Crippen LogP contribution in [0.1, 0.15) is 51.6 Å². The molecule has 1 aromatic rings. The number of hydrogen-bond acceptors (Lipinski definition) is 20. The minimum atomic E-state index is -6.88. The fraction of sp³-hybridized carbons (Fsp3) is 0.880. The largest absolute Gasteiger partial charge is 0.457 e. The van der Waals surface area contributed by atoms with Crippen LogP contribution < -0.4 is 26.6 Å². The van der Waals surface area contributed by atoms with E-state index < -0.39 is 62.0 Å². The second-order valence-electron chi connectivity index (χ2n) is 19.5. The maximum absolute atomic E-state index is 14.3. The first-order valence-corrected chi connectivity index (χ1v) is 29.0. The van der Waals surface area contributed by atoms with Crippen LogP contribution in [-0.2, 0) is 89.1 Å². The number of fused-ring (bicyclic) bond motifs is 1. The van der Waals surface area contributed by atoms with Gasteiger partial charge in [0.1, 0.15) is 12.3 Å². The lowest BCUT2D eigenvalue weighted by Gasteiger charge is -2.36. The first-order chi connectivity index (χ1) is 41.3. The Morgan fingerprint density at radius 3 is 1.60 bits per heavy atom. The molecule has 2 saturated heterocycles. The van der Waals surface area contributed by atoms with E-state index in [9.17, 15) is 67.5 Å². The van der Waals surface area contributed by atoms with Gasteiger partial charge in [0, 0.05) is 50.4 Å². The number of thioether (sulfide) groups is 1. The molecule has 5 atom stereocenters. The molecule has 0 spiro atoms. The monoisotopic (exact) mass is 1310 g/mol. The summed E-state index contributed by atoms with van der Waals surface area (Å²) < 4.78 is 214. The minimum absolute atomic E-state index is 0.00189. The van der Waals surface area contributed by atoms with Gasteiger partial charge in [-0.15, -0.1) is 5.10 Å². The summed E-state index contributed by atoms with van der Waals surface area (Å²) in [6.07, 6.45) is -19.0. The molecule has 3 rings (SSSR count). The van der Waals surface area contributed by atoms with Crippen LogP contribution in [0.5, 0.6) is 0 Å². The molecule has 1 aromatic heterocycles. The van der Waals surface area contributed by atoms with E-state index in [1.807, 2.05) is 11.8 Å². The van der Waals surface area contributed by atoms with Crippen LogP contribution in [0.4, 0.5) is 53.1 Å². The van der Waals surface area contributed by atoms with E-state index in [0.717, 1.165) is 25.0 Å². The number of alkyl halides is 11. The molecule has 2 aliphatic heterocycles. The zero-order valence-corrected chi connectivity index (χ0v) is 49.3. The van der Waals surface area contributed by atoms with Gasteiger partial charge in [-0.2, -0.15) is 51.3 Å². The molecule has 0 radical (unpaired) electrons. The second-order valence-corrected chi connectivity index (χ2v) is 20.7. The number of halogens is 11. The number of carbonyl (C=O) groups excluding carboxylic acids is 4. The third-order valence-corrected chi connectivity index (χ3v) is 13.7. The molecule has 87 heavy (non-hydrogen) atoms. The highest BCUT2D eigenvalue weighted by Crippen LogP contribution is 2.49. The number of ether oxygens (including phenoxy) is 13. The van der Waals surface area contributed by atoms with Gasteiger partial charge >= 0.3 is 30.3 Å². The van der Waals surface area contributed by atoms with Crippen LogP contribution >= 0.6 is 11.8 Å². The summed E-state index contributed by atoms with van der Waals surface area (Å²) in [5, 5.41) is 21.6. The lowest BCUT2D eigenvalue weighted by atomic mass is 9.92. The molecule has 0 saturated carbocycles. The molecule has 0 aliphatic carbocycles. The van der Waals surface area contributed by atoms with Gasteiger partial charge in [0.25, 0.3) is 11.8 Å². The van der Waals surface area contributed by atoms with Crippen molar-refractivity contribution in [2.45, 2.75) is 112 Å². The van der Waals surface area contributed by atoms with Gasteiger partial charge in [0.2, 0.25) is 17.9 Å². The van der Waals surface area contributed by atoms with Crippen molar-refractivity contribution >= 4 is 35.5 Å². The number of nitrogens with one attached hydrogen (secondary N) is 5. The molecule has 2 fully saturated rings. The highest BCUT2D eigenvalue weighted by Gasteiger charge is 2.76. The first kappa shape index (κ1) is 77.1. The molecule has 5 amide bonds. The number of nitrogens with zero attached hydrogens (tertiary/aromatic N) is 3. The highest BCUT2D eigenvalue weighted by atomic mass is 32.2. The number of carbonyl (C=O) groups is 4. The van der Waals surface area contributed by atoms with Crippen LogP contribution in [0.25, 0.3) is 0 Å². The first-order valence-electron chi connectivity index (χ1n) is 27.9. The Labute approximate surface area is 500 Å². The molecule has 37 heteroatoms. The highest BCUT2D eigenvalue weighted by molar-refractivity contribution is 8.00. The molecule has 5 N–H and O–H groups in total. The van der Waals surface area contributed by atoms with Crippen molar-refractivity contribution < 1.29 is 129 Å². The van der Waals surface area contributed by atoms with Crippen LogP contribution in [0.15, 0.2) is 6.20 Å². The molecular weight excluding hydrogens is 1230 g/mol. The summed E-state index contributed by atoms with van der Waals surface area (Å²) in [4.78, 5) is 47.9. The number of rotatable bonds is 53. The second kappa shape index (κ2) is 41.3. The predicted molar refractivity (Wildman–Crippen MR) is 282 cm³/mol. The van der Waals surface area contributed by atoms with Crippen molar-refractivity contribution in [3.63, 3.8) is 0 Å². The summed E-state index contributed by atoms with van der Waals surface area (Å²) in [5.41, 5.74) is 0.484. The third kappa shape index (κ3) is 32.5. The van der Waals surface area contributed by atoms with E-state index in [-0.39, 0.29) is 122 Å². The average molecular weight is 1310 g/mol. The Morgan fingerprint density at radius 2 is 1.10 bits per heavy atom. The molecule has 506 valence electrons. The van der Waals surface area contributed by atoms with Gasteiger partial charge in [0.15, 0.2) is 0 Å². The Kier molecular flexibility index (Phi) is 36.6. The zero-order valence-electron chi connectivity index (χ0n) is 48.5. The zero-order chi connectivity index (χ0) is 64.1. The summed E-state index contributed by atoms with van der Waals surface area (Å²) in [6.45, 7) is 4.40. The van der Waals surface area contributed by atoms with E-state index in [0.29, 0.717) is 96.5 Å². The van der Waals surface area contributed by atoms with Crippen molar-refractivity contribution in [3.05, 3.63) is 11.9 Å². The van der Waals surface area contributed by atoms with Crippen LogP contribution in [0.2, 0.25) is 0 Å². The normalized spacial score (nSPS) is 18.3. The maximum atomic E-state index is 14.3. The molecule has 0 aromatic carbocycles. The van der Waals surface area contributed by atoms with E-state index in [1.54, 1.807) is 10.9 Å². The quantitative estimate of drug-likeness (QED) is 0.0356. The Hall–Kier alpha value is -4.12.